The molecule has 0 aliphatic heterocycles. The fourth-order valence-corrected chi connectivity index (χ4v) is 4.40. The molecule has 2 saturated carbocycles. The Morgan fingerprint density at radius 1 is 1.30 bits per heavy atom. The number of nitrogens with zero attached hydrogens (tertiary/aromatic N) is 1. The van der Waals surface area contributed by atoms with Crippen molar-refractivity contribution >= 4 is 0 Å². The van der Waals surface area contributed by atoms with E-state index in [1.165, 1.54) is 0 Å². The summed E-state index contributed by atoms with van der Waals surface area (Å²) in [5, 5.41) is 29.9. The molecule has 0 heterocycles. The molecule has 146 valence electrons. The average Bonchev–Trinajstić information content (AvgIpc) is 3.15. The first-order chi connectivity index (χ1) is 13.1. The van der Waals surface area contributed by atoms with Gasteiger partial charge in [0.1, 0.15) is 18.5 Å². The number of hydrogen-bond acceptors (Lipinski definition) is 5. The van der Waals surface area contributed by atoms with Crippen molar-refractivity contribution in [2.75, 3.05) is 13.2 Å². The molecule has 3 rings (SSSR count). The summed E-state index contributed by atoms with van der Waals surface area (Å²) in [5.41, 5.74) is -0.740. The van der Waals surface area contributed by atoms with Crippen LogP contribution in [0.4, 0.5) is 0 Å². The number of hydrogen-bond donors (Lipinski definition) is 2. The maximum atomic E-state index is 11.2. The van der Waals surface area contributed by atoms with Crippen molar-refractivity contribution in [3.8, 4) is 11.8 Å². The zero-order chi connectivity index (χ0) is 19.1. The van der Waals surface area contributed by atoms with Crippen LogP contribution in [-0.2, 0) is 4.74 Å². The van der Waals surface area contributed by atoms with E-state index in [-0.39, 0.29) is 24.5 Å². The van der Waals surface area contributed by atoms with Crippen LogP contribution in [0.3, 0.4) is 0 Å². The monoisotopic (exact) mass is 371 g/mol. The predicted octanol–water partition coefficient (Wildman–Crippen LogP) is 3.22. The summed E-state index contributed by atoms with van der Waals surface area (Å²) in [7, 11) is 0. The van der Waals surface area contributed by atoms with Crippen molar-refractivity contribution < 1.29 is 19.7 Å². The largest absolute Gasteiger partial charge is 0.491 e. The first-order valence-corrected chi connectivity index (χ1v) is 9.87. The topological polar surface area (TPSA) is 82.7 Å². The Morgan fingerprint density at radius 3 is 2.89 bits per heavy atom. The van der Waals surface area contributed by atoms with Gasteiger partial charge >= 0.3 is 0 Å². The third-order valence-electron chi connectivity index (χ3n) is 5.79. The standard InChI is InChI=1S/C22H29NO4/c23-12-4-5-13-26-21-14-18-9-8-17(22(18,25)15-21)10-11-19(24)16-27-20-6-2-1-3-7-20/h1-3,6-7,10-11,17-19,21,24-25H,4-5,8-9,13-16H2/t17-,18+,19?,21?,22+/m0/s1. The molecule has 0 radical (unpaired) electrons. The molecule has 0 aromatic heterocycles. The lowest BCUT2D eigenvalue weighted by Gasteiger charge is -2.28. The van der Waals surface area contributed by atoms with Crippen LogP contribution in [0.15, 0.2) is 42.5 Å². The van der Waals surface area contributed by atoms with Crippen molar-refractivity contribution in [1.29, 1.82) is 5.26 Å². The van der Waals surface area contributed by atoms with Crippen molar-refractivity contribution in [2.45, 2.75) is 56.3 Å². The molecule has 2 fully saturated rings. The van der Waals surface area contributed by atoms with Crippen molar-refractivity contribution in [3.05, 3.63) is 42.5 Å². The normalized spacial score (nSPS) is 30.9. The quantitative estimate of drug-likeness (QED) is 0.514. The average molecular weight is 371 g/mol. The molecule has 2 aliphatic carbocycles. The van der Waals surface area contributed by atoms with E-state index in [0.29, 0.717) is 19.4 Å². The molecule has 0 bridgehead atoms. The number of para-hydroxylation sites is 1. The number of ether oxygens (including phenoxy) is 2. The SMILES string of the molecule is N#CCCCOC1C[C@H]2CC[C@@H](C=CC(O)COc3ccccc3)[C@]2(O)C1. The highest BCUT2D eigenvalue weighted by molar-refractivity contribution is 5.21. The van der Waals surface area contributed by atoms with E-state index in [9.17, 15) is 10.2 Å². The van der Waals surface area contributed by atoms with Gasteiger partial charge in [-0.1, -0.05) is 30.4 Å². The van der Waals surface area contributed by atoms with Crippen LogP contribution in [0.1, 0.15) is 38.5 Å². The van der Waals surface area contributed by atoms with Crippen LogP contribution in [0.5, 0.6) is 5.75 Å². The Hall–Kier alpha value is -1.87. The highest BCUT2D eigenvalue weighted by Crippen LogP contribution is 2.52. The molecular formula is C22H29NO4. The minimum atomic E-state index is -0.740. The number of aliphatic hydroxyl groups is 2. The van der Waals surface area contributed by atoms with Crippen LogP contribution >= 0.6 is 0 Å². The smallest absolute Gasteiger partial charge is 0.119 e. The summed E-state index contributed by atoms with van der Waals surface area (Å²) in [6.07, 6.45) is 7.76. The number of aliphatic hydroxyl groups excluding tert-OH is 1. The summed E-state index contributed by atoms with van der Waals surface area (Å²) >= 11 is 0. The number of unbranched alkanes of at least 4 members (excludes halogenated alkanes) is 1. The fraction of sp³-hybridized carbons (Fsp3) is 0.591. The molecule has 1 aromatic carbocycles. The fourth-order valence-electron chi connectivity index (χ4n) is 4.40. The molecule has 27 heavy (non-hydrogen) atoms. The first kappa shape index (κ1) is 19.9. The zero-order valence-corrected chi connectivity index (χ0v) is 15.7. The third kappa shape index (κ3) is 5.10. The molecule has 0 saturated heterocycles. The van der Waals surface area contributed by atoms with Crippen LogP contribution in [0.2, 0.25) is 0 Å². The molecule has 2 aliphatic rings. The summed E-state index contributed by atoms with van der Waals surface area (Å²) in [6.45, 7) is 0.775. The van der Waals surface area contributed by atoms with Crippen LogP contribution in [0, 0.1) is 23.2 Å². The summed E-state index contributed by atoms with van der Waals surface area (Å²) in [5.74, 6) is 1.03. The molecular weight excluding hydrogens is 342 g/mol. The van der Waals surface area contributed by atoms with E-state index in [2.05, 4.69) is 6.07 Å². The van der Waals surface area contributed by atoms with Gasteiger partial charge in [-0.05, 0) is 43.7 Å². The van der Waals surface area contributed by atoms with Gasteiger partial charge in [0.2, 0.25) is 0 Å². The maximum Gasteiger partial charge on any atom is 0.119 e. The molecule has 5 nitrogen and oxygen atoms in total. The lowest BCUT2D eigenvalue weighted by Crippen LogP contribution is -2.35. The Morgan fingerprint density at radius 2 is 2.11 bits per heavy atom. The van der Waals surface area contributed by atoms with Gasteiger partial charge in [-0.15, -0.1) is 0 Å². The number of benzene rings is 1. The minimum Gasteiger partial charge on any atom is -0.491 e. The molecule has 5 atom stereocenters. The Labute approximate surface area is 161 Å². The first-order valence-electron chi connectivity index (χ1n) is 9.87. The van der Waals surface area contributed by atoms with Gasteiger partial charge in [-0.25, -0.2) is 0 Å². The molecule has 0 amide bonds. The number of fused-ring (bicyclic) bond motifs is 1. The number of rotatable bonds is 9. The van der Waals surface area contributed by atoms with E-state index in [1.54, 1.807) is 6.08 Å². The predicted molar refractivity (Wildman–Crippen MR) is 102 cm³/mol. The van der Waals surface area contributed by atoms with E-state index in [1.807, 2.05) is 36.4 Å². The van der Waals surface area contributed by atoms with Gasteiger partial charge < -0.3 is 19.7 Å². The van der Waals surface area contributed by atoms with Gasteiger partial charge in [0, 0.05) is 25.4 Å². The second-order valence-electron chi connectivity index (χ2n) is 7.64. The van der Waals surface area contributed by atoms with Crippen molar-refractivity contribution in [1.82, 2.24) is 0 Å². The van der Waals surface area contributed by atoms with Crippen LogP contribution in [0.25, 0.3) is 0 Å². The second-order valence-corrected chi connectivity index (χ2v) is 7.64. The third-order valence-corrected chi connectivity index (χ3v) is 5.79. The summed E-state index contributed by atoms with van der Waals surface area (Å²) in [6, 6.07) is 11.5. The summed E-state index contributed by atoms with van der Waals surface area (Å²) < 4.78 is 11.4. The Bertz CT molecular complexity index is 656. The number of nitriles is 1. The van der Waals surface area contributed by atoms with E-state index >= 15 is 0 Å². The lowest BCUT2D eigenvalue weighted by atomic mass is 9.86. The van der Waals surface area contributed by atoms with Crippen LogP contribution in [-0.4, -0.2) is 41.2 Å². The Kier molecular flexibility index (Phi) is 6.89. The lowest BCUT2D eigenvalue weighted by molar-refractivity contribution is -0.0212. The van der Waals surface area contributed by atoms with Gasteiger partial charge in [0.15, 0.2) is 0 Å². The minimum absolute atomic E-state index is 0.0431. The van der Waals surface area contributed by atoms with Crippen molar-refractivity contribution in [2.24, 2.45) is 11.8 Å². The molecule has 2 N–H and O–H groups in total. The van der Waals surface area contributed by atoms with Gasteiger partial charge in [0.25, 0.3) is 0 Å². The van der Waals surface area contributed by atoms with Gasteiger partial charge in [-0.2, -0.15) is 5.26 Å². The van der Waals surface area contributed by atoms with E-state index < -0.39 is 11.7 Å². The van der Waals surface area contributed by atoms with E-state index in [4.69, 9.17) is 14.7 Å². The zero-order valence-electron chi connectivity index (χ0n) is 15.7. The highest BCUT2D eigenvalue weighted by atomic mass is 16.5. The Balaban J connectivity index is 1.47. The van der Waals surface area contributed by atoms with E-state index in [0.717, 1.165) is 31.4 Å². The molecule has 2 unspecified atom stereocenters. The molecule has 0 spiro atoms. The molecule has 1 aromatic rings. The van der Waals surface area contributed by atoms with Gasteiger partial charge in [-0.3, -0.25) is 0 Å². The highest BCUT2D eigenvalue weighted by Gasteiger charge is 2.54. The molecule has 5 heteroatoms. The van der Waals surface area contributed by atoms with Crippen LogP contribution < -0.4 is 4.74 Å². The van der Waals surface area contributed by atoms with Crippen molar-refractivity contribution in [3.63, 3.8) is 0 Å². The van der Waals surface area contributed by atoms with Gasteiger partial charge in [0.05, 0.1) is 17.8 Å². The second kappa shape index (κ2) is 9.36. The maximum absolute atomic E-state index is 11.2. The summed E-state index contributed by atoms with van der Waals surface area (Å²) in [4.78, 5) is 0.